The van der Waals surface area contributed by atoms with Crippen molar-refractivity contribution in [2.24, 2.45) is 0 Å². The molecule has 0 spiro atoms. The first kappa shape index (κ1) is 14.3. The summed E-state index contributed by atoms with van der Waals surface area (Å²) in [6.07, 6.45) is 2.47. The molecule has 2 rings (SSSR count). The van der Waals surface area contributed by atoms with E-state index in [2.05, 4.69) is 32.3 Å². The van der Waals surface area contributed by atoms with Gasteiger partial charge in [-0.25, -0.2) is 0 Å². The first-order valence-corrected chi connectivity index (χ1v) is 7.69. The minimum Gasteiger partial charge on any atom is -0.311 e. The molecule has 1 N–H and O–H groups in total. The third-order valence-electron chi connectivity index (χ3n) is 2.55. The van der Waals surface area contributed by atoms with Crippen LogP contribution < -0.4 is 5.32 Å². The van der Waals surface area contributed by atoms with Crippen molar-refractivity contribution in [1.82, 2.24) is 10.3 Å². The van der Waals surface area contributed by atoms with E-state index in [0.717, 1.165) is 15.9 Å². The first-order chi connectivity index (χ1) is 8.60. The third kappa shape index (κ3) is 3.45. The molecule has 2 aromatic rings. The lowest BCUT2D eigenvalue weighted by molar-refractivity contribution is 0.580. The van der Waals surface area contributed by atoms with Crippen LogP contribution in [0.1, 0.15) is 16.6 Å². The van der Waals surface area contributed by atoms with E-state index >= 15 is 0 Å². The van der Waals surface area contributed by atoms with Gasteiger partial charge in [-0.3, -0.25) is 4.98 Å². The van der Waals surface area contributed by atoms with E-state index < -0.39 is 0 Å². The van der Waals surface area contributed by atoms with Crippen molar-refractivity contribution in [3.63, 3.8) is 0 Å². The smallest absolute Gasteiger partial charge is 0.0763 e. The van der Waals surface area contributed by atoms with Gasteiger partial charge in [-0.05, 0) is 41.2 Å². The third-order valence-corrected chi connectivity index (χ3v) is 4.70. The van der Waals surface area contributed by atoms with Gasteiger partial charge in [0.15, 0.2) is 0 Å². The second-order valence-electron chi connectivity index (χ2n) is 3.77. The van der Waals surface area contributed by atoms with Gasteiger partial charge in [0, 0.05) is 17.5 Å². The summed E-state index contributed by atoms with van der Waals surface area (Å²) in [6, 6.07) is 5.95. The lowest BCUT2D eigenvalue weighted by Crippen LogP contribution is -2.20. The maximum Gasteiger partial charge on any atom is 0.0763 e. The summed E-state index contributed by atoms with van der Waals surface area (Å²) in [7, 11) is 1.90. The Labute approximate surface area is 128 Å². The summed E-state index contributed by atoms with van der Waals surface area (Å²) >= 11 is 17.2. The van der Waals surface area contributed by atoms with E-state index in [0.29, 0.717) is 10.0 Å². The molecule has 0 radical (unpaired) electrons. The van der Waals surface area contributed by atoms with Gasteiger partial charge in [0.05, 0.1) is 25.6 Å². The summed E-state index contributed by atoms with van der Waals surface area (Å²) in [5, 5.41) is 4.39. The van der Waals surface area contributed by atoms with Crippen LogP contribution in [-0.2, 0) is 6.42 Å². The average molecular weight is 366 g/mol. The van der Waals surface area contributed by atoms with Crippen LogP contribution >= 0.6 is 50.5 Å². The molecule has 0 aliphatic rings. The molecule has 18 heavy (non-hydrogen) atoms. The van der Waals surface area contributed by atoms with Crippen LogP contribution in [0, 0.1) is 0 Å². The Morgan fingerprint density at radius 3 is 2.78 bits per heavy atom. The normalized spacial score (nSPS) is 12.7. The SMILES string of the molecule is CNC(Cc1ccc(Br)s1)c1ncc(Cl)cc1Cl. The summed E-state index contributed by atoms with van der Waals surface area (Å²) in [5.74, 6) is 0. The number of nitrogens with zero attached hydrogens (tertiary/aromatic N) is 1. The Kier molecular flexibility index (Phi) is 5.04. The van der Waals surface area contributed by atoms with Gasteiger partial charge >= 0.3 is 0 Å². The molecule has 2 nitrogen and oxygen atoms in total. The van der Waals surface area contributed by atoms with Crippen molar-refractivity contribution in [3.8, 4) is 0 Å². The summed E-state index contributed by atoms with van der Waals surface area (Å²) < 4.78 is 1.13. The number of nitrogens with one attached hydrogen (secondary N) is 1. The van der Waals surface area contributed by atoms with Gasteiger partial charge in [-0.15, -0.1) is 11.3 Å². The molecule has 1 unspecified atom stereocenters. The monoisotopic (exact) mass is 364 g/mol. The number of aromatic nitrogens is 1. The van der Waals surface area contributed by atoms with Crippen LogP contribution in [0.5, 0.6) is 0 Å². The molecular formula is C12H11BrCl2N2S. The Morgan fingerprint density at radius 1 is 1.44 bits per heavy atom. The van der Waals surface area contributed by atoms with Gasteiger partial charge in [-0.1, -0.05) is 23.2 Å². The van der Waals surface area contributed by atoms with Crippen LogP contribution in [0.2, 0.25) is 10.0 Å². The predicted octanol–water partition coefficient (Wildman–Crippen LogP) is 4.72. The van der Waals surface area contributed by atoms with Crippen LogP contribution in [0.4, 0.5) is 0 Å². The van der Waals surface area contributed by atoms with Crippen LogP contribution in [-0.4, -0.2) is 12.0 Å². The Hall–Kier alpha value is -0.130. The topological polar surface area (TPSA) is 24.9 Å². The van der Waals surface area contributed by atoms with Gasteiger partial charge in [0.25, 0.3) is 0 Å². The van der Waals surface area contributed by atoms with Crippen molar-refractivity contribution >= 4 is 50.5 Å². The molecule has 0 aliphatic heterocycles. The molecule has 96 valence electrons. The molecule has 2 aromatic heterocycles. The fourth-order valence-corrected chi connectivity index (χ4v) is 3.72. The Morgan fingerprint density at radius 2 is 2.22 bits per heavy atom. The molecule has 0 aromatic carbocycles. The molecular weight excluding hydrogens is 355 g/mol. The maximum atomic E-state index is 6.18. The maximum absolute atomic E-state index is 6.18. The van der Waals surface area contributed by atoms with Gasteiger partial charge in [0.1, 0.15) is 0 Å². The molecule has 0 saturated heterocycles. The number of hydrogen-bond donors (Lipinski definition) is 1. The second kappa shape index (κ2) is 6.35. The van der Waals surface area contributed by atoms with E-state index in [1.54, 1.807) is 23.6 Å². The highest BCUT2D eigenvalue weighted by Gasteiger charge is 2.16. The number of rotatable bonds is 4. The predicted molar refractivity (Wildman–Crippen MR) is 81.8 cm³/mol. The largest absolute Gasteiger partial charge is 0.311 e. The van der Waals surface area contributed by atoms with Gasteiger partial charge in [-0.2, -0.15) is 0 Å². The highest BCUT2D eigenvalue weighted by atomic mass is 79.9. The first-order valence-electron chi connectivity index (χ1n) is 5.32. The van der Waals surface area contributed by atoms with E-state index in [4.69, 9.17) is 23.2 Å². The summed E-state index contributed by atoms with van der Waals surface area (Å²) in [4.78, 5) is 5.59. The minimum atomic E-state index is 0.0836. The Bertz CT molecular complexity index is 545. The zero-order valence-electron chi connectivity index (χ0n) is 9.58. The van der Waals surface area contributed by atoms with Crippen molar-refractivity contribution in [3.05, 3.63) is 48.8 Å². The number of halogens is 3. The van der Waals surface area contributed by atoms with Crippen molar-refractivity contribution < 1.29 is 0 Å². The van der Waals surface area contributed by atoms with Crippen molar-refractivity contribution in [2.45, 2.75) is 12.5 Å². The zero-order chi connectivity index (χ0) is 13.1. The highest BCUT2D eigenvalue weighted by molar-refractivity contribution is 9.11. The quantitative estimate of drug-likeness (QED) is 0.848. The number of pyridine rings is 1. The molecule has 0 fully saturated rings. The lowest BCUT2D eigenvalue weighted by Gasteiger charge is -2.16. The molecule has 6 heteroatoms. The fraction of sp³-hybridized carbons (Fsp3) is 0.250. The van der Waals surface area contributed by atoms with E-state index in [1.807, 2.05) is 13.1 Å². The molecule has 0 amide bonds. The van der Waals surface area contributed by atoms with Crippen LogP contribution in [0.15, 0.2) is 28.2 Å². The second-order valence-corrected chi connectivity index (χ2v) is 7.16. The van der Waals surface area contributed by atoms with E-state index in [9.17, 15) is 0 Å². The molecule has 0 bridgehead atoms. The summed E-state index contributed by atoms with van der Waals surface area (Å²) in [6.45, 7) is 0. The standard InChI is InChI=1S/C12H11BrCl2N2S/c1-16-10(5-8-2-3-11(13)18-8)12-9(15)4-7(14)6-17-12/h2-4,6,10,16H,5H2,1H3. The van der Waals surface area contributed by atoms with E-state index in [1.165, 1.54) is 4.88 Å². The van der Waals surface area contributed by atoms with Crippen LogP contribution in [0.25, 0.3) is 0 Å². The minimum absolute atomic E-state index is 0.0836. The molecule has 2 heterocycles. The van der Waals surface area contributed by atoms with Gasteiger partial charge < -0.3 is 5.32 Å². The molecule has 1 atom stereocenters. The van der Waals surface area contributed by atoms with E-state index in [-0.39, 0.29) is 6.04 Å². The summed E-state index contributed by atoms with van der Waals surface area (Å²) in [5.41, 5.74) is 0.827. The van der Waals surface area contributed by atoms with Gasteiger partial charge in [0.2, 0.25) is 0 Å². The number of likely N-dealkylation sites (N-methyl/N-ethyl adjacent to an activating group) is 1. The zero-order valence-corrected chi connectivity index (χ0v) is 13.5. The Balaban J connectivity index is 2.22. The van der Waals surface area contributed by atoms with Crippen molar-refractivity contribution in [1.29, 1.82) is 0 Å². The molecule has 0 saturated carbocycles. The van der Waals surface area contributed by atoms with Crippen molar-refractivity contribution in [2.75, 3.05) is 7.05 Å². The fourth-order valence-electron chi connectivity index (χ4n) is 1.68. The highest BCUT2D eigenvalue weighted by Crippen LogP contribution is 2.29. The number of hydrogen-bond acceptors (Lipinski definition) is 3. The number of thiophene rings is 1. The average Bonchev–Trinajstić information content (AvgIpc) is 2.72. The lowest BCUT2D eigenvalue weighted by atomic mass is 10.1. The molecule has 0 aliphatic carbocycles. The van der Waals surface area contributed by atoms with Crippen LogP contribution in [0.3, 0.4) is 0 Å².